The molecule has 0 saturated heterocycles. The highest BCUT2D eigenvalue weighted by Gasteiger charge is 2.11. The van der Waals surface area contributed by atoms with Gasteiger partial charge in [0.25, 0.3) is 0 Å². The summed E-state index contributed by atoms with van der Waals surface area (Å²) >= 11 is 0. The van der Waals surface area contributed by atoms with Crippen LogP contribution in [-0.4, -0.2) is 27.2 Å². The van der Waals surface area contributed by atoms with Crippen LogP contribution in [0.3, 0.4) is 0 Å². The van der Waals surface area contributed by atoms with Crippen LogP contribution >= 0.6 is 0 Å². The highest BCUT2D eigenvalue weighted by Crippen LogP contribution is 2.12. The molecule has 0 aliphatic carbocycles. The third kappa shape index (κ3) is 2.88. The zero-order valence-electron chi connectivity index (χ0n) is 11.5. The second-order valence-electron chi connectivity index (χ2n) is 4.80. The first-order valence-corrected chi connectivity index (χ1v) is 6.77. The molecule has 4 heteroatoms. The van der Waals surface area contributed by atoms with Gasteiger partial charge in [0.15, 0.2) is 5.65 Å². The van der Waals surface area contributed by atoms with Crippen molar-refractivity contribution >= 4 is 5.65 Å². The molecule has 1 N–H and O–H groups in total. The number of aromatic nitrogens is 3. The monoisotopic (exact) mass is 246 g/mol. The Morgan fingerprint density at radius 1 is 1.33 bits per heavy atom. The smallest absolute Gasteiger partial charge is 0.155 e. The molecule has 1 unspecified atom stereocenters. The zero-order valence-corrected chi connectivity index (χ0v) is 11.5. The Balaban J connectivity index is 2.26. The van der Waals surface area contributed by atoms with Gasteiger partial charge in [-0.2, -0.15) is 5.10 Å². The minimum absolute atomic E-state index is 0.522. The Labute approximate surface area is 108 Å². The van der Waals surface area contributed by atoms with E-state index in [1.165, 1.54) is 24.1 Å². The summed E-state index contributed by atoms with van der Waals surface area (Å²) in [7, 11) is 0. The van der Waals surface area contributed by atoms with Crippen LogP contribution in [0.4, 0.5) is 0 Å². The van der Waals surface area contributed by atoms with Gasteiger partial charge >= 0.3 is 0 Å². The van der Waals surface area contributed by atoms with Crippen LogP contribution in [0.2, 0.25) is 0 Å². The summed E-state index contributed by atoms with van der Waals surface area (Å²) < 4.78 is 1.95. The largest absolute Gasteiger partial charge is 0.314 e. The van der Waals surface area contributed by atoms with Crippen molar-refractivity contribution in [3.05, 3.63) is 29.7 Å². The maximum Gasteiger partial charge on any atom is 0.155 e. The van der Waals surface area contributed by atoms with E-state index in [1.807, 2.05) is 4.52 Å². The van der Waals surface area contributed by atoms with E-state index in [2.05, 4.69) is 48.3 Å². The van der Waals surface area contributed by atoms with Crippen LogP contribution in [-0.2, 0) is 6.42 Å². The number of aryl methyl sites for hydroxylation is 1. The van der Waals surface area contributed by atoms with Gasteiger partial charge in [0.05, 0.1) is 0 Å². The summed E-state index contributed by atoms with van der Waals surface area (Å²) in [5, 5.41) is 7.86. The van der Waals surface area contributed by atoms with E-state index in [0.29, 0.717) is 6.04 Å². The molecule has 4 nitrogen and oxygen atoms in total. The van der Waals surface area contributed by atoms with Crippen molar-refractivity contribution in [3.63, 3.8) is 0 Å². The number of fused-ring (bicyclic) bond motifs is 1. The van der Waals surface area contributed by atoms with E-state index in [0.717, 1.165) is 18.6 Å². The molecule has 0 radical (unpaired) electrons. The first kappa shape index (κ1) is 13.0. The normalized spacial score (nSPS) is 13.1. The molecule has 2 rings (SSSR count). The first-order valence-electron chi connectivity index (χ1n) is 6.77. The van der Waals surface area contributed by atoms with Crippen LogP contribution in [0.5, 0.6) is 0 Å². The molecule has 1 atom stereocenters. The lowest BCUT2D eigenvalue weighted by Crippen LogP contribution is -2.31. The van der Waals surface area contributed by atoms with Crippen molar-refractivity contribution in [1.82, 2.24) is 19.9 Å². The Kier molecular flexibility index (Phi) is 4.31. The molecule has 2 aromatic rings. The minimum atomic E-state index is 0.522. The van der Waals surface area contributed by atoms with E-state index < -0.39 is 0 Å². The average molecular weight is 246 g/mol. The van der Waals surface area contributed by atoms with E-state index >= 15 is 0 Å². The van der Waals surface area contributed by atoms with Gasteiger partial charge in [-0.05, 0) is 37.6 Å². The standard InChI is InChI=1S/C14H22N4/c1-4-6-12(15-5-2)9-13-7-11(3)8-14-16-10-17-18(13)14/h7-8,10,12,15H,4-6,9H2,1-3H3. The molecule has 18 heavy (non-hydrogen) atoms. The Morgan fingerprint density at radius 2 is 2.17 bits per heavy atom. The van der Waals surface area contributed by atoms with Crippen LogP contribution < -0.4 is 5.32 Å². The first-order chi connectivity index (χ1) is 8.74. The van der Waals surface area contributed by atoms with Crippen molar-refractivity contribution in [2.45, 2.75) is 46.1 Å². The third-order valence-electron chi connectivity index (χ3n) is 3.18. The SMILES string of the molecule is CCCC(Cc1cc(C)cc2ncnn12)NCC. The van der Waals surface area contributed by atoms with Crippen LogP contribution in [0, 0.1) is 6.92 Å². The lowest BCUT2D eigenvalue weighted by atomic mass is 10.0. The van der Waals surface area contributed by atoms with E-state index in [9.17, 15) is 0 Å². The van der Waals surface area contributed by atoms with Gasteiger partial charge in [-0.25, -0.2) is 9.50 Å². The van der Waals surface area contributed by atoms with Crippen LogP contribution in [0.25, 0.3) is 5.65 Å². The van der Waals surface area contributed by atoms with Gasteiger partial charge < -0.3 is 5.32 Å². The van der Waals surface area contributed by atoms with E-state index in [1.54, 1.807) is 6.33 Å². The molecule has 98 valence electrons. The average Bonchev–Trinajstić information content (AvgIpc) is 2.77. The summed E-state index contributed by atoms with van der Waals surface area (Å²) in [6.45, 7) is 7.51. The van der Waals surface area contributed by atoms with Gasteiger partial charge in [-0.1, -0.05) is 20.3 Å². The molecule has 2 heterocycles. The molecule has 0 amide bonds. The number of rotatable bonds is 6. The lowest BCUT2D eigenvalue weighted by molar-refractivity contribution is 0.478. The predicted molar refractivity (Wildman–Crippen MR) is 73.8 cm³/mol. The van der Waals surface area contributed by atoms with Crippen LogP contribution in [0.1, 0.15) is 37.9 Å². The molecule has 0 bridgehead atoms. The number of likely N-dealkylation sites (N-methyl/N-ethyl adjacent to an activating group) is 1. The molecule has 2 aromatic heterocycles. The lowest BCUT2D eigenvalue weighted by Gasteiger charge is -2.17. The quantitative estimate of drug-likeness (QED) is 0.850. The fourth-order valence-corrected chi connectivity index (χ4v) is 2.45. The van der Waals surface area contributed by atoms with Crippen LogP contribution in [0.15, 0.2) is 18.5 Å². The van der Waals surface area contributed by atoms with Gasteiger partial charge in [-0.3, -0.25) is 0 Å². The second-order valence-corrected chi connectivity index (χ2v) is 4.80. The fourth-order valence-electron chi connectivity index (χ4n) is 2.45. The highest BCUT2D eigenvalue weighted by molar-refractivity contribution is 5.41. The molecule has 0 fully saturated rings. The predicted octanol–water partition coefficient (Wildman–Crippen LogP) is 2.36. The Morgan fingerprint density at radius 3 is 2.89 bits per heavy atom. The molecule has 0 spiro atoms. The van der Waals surface area contributed by atoms with E-state index in [4.69, 9.17) is 0 Å². The van der Waals surface area contributed by atoms with Crippen molar-refractivity contribution < 1.29 is 0 Å². The molecule has 0 aliphatic rings. The summed E-state index contributed by atoms with van der Waals surface area (Å²) in [4.78, 5) is 4.27. The summed E-state index contributed by atoms with van der Waals surface area (Å²) in [5.41, 5.74) is 3.43. The second kappa shape index (κ2) is 5.96. The number of pyridine rings is 1. The number of hydrogen-bond acceptors (Lipinski definition) is 3. The highest BCUT2D eigenvalue weighted by atomic mass is 15.3. The number of nitrogens with one attached hydrogen (secondary N) is 1. The van der Waals surface area contributed by atoms with Gasteiger partial charge in [0.2, 0.25) is 0 Å². The third-order valence-corrected chi connectivity index (χ3v) is 3.18. The maximum absolute atomic E-state index is 4.31. The molecule has 0 aromatic carbocycles. The topological polar surface area (TPSA) is 42.2 Å². The van der Waals surface area contributed by atoms with Gasteiger partial charge in [0, 0.05) is 18.2 Å². The summed E-state index contributed by atoms with van der Waals surface area (Å²) in [6.07, 6.45) is 5.02. The fraction of sp³-hybridized carbons (Fsp3) is 0.571. The molecular formula is C14H22N4. The molecule has 0 saturated carbocycles. The van der Waals surface area contributed by atoms with Crippen molar-refractivity contribution in [2.24, 2.45) is 0 Å². The van der Waals surface area contributed by atoms with Crippen molar-refractivity contribution in [2.75, 3.05) is 6.54 Å². The number of nitrogens with zero attached hydrogens (tertiary/aromatic N) is 3. The Bertz CT molecular complexity index is 497. The van der Waals surface area contributed by atoms with Crippen molar-refractivity contribution in [3.8, 4) is 0 Å². The molecule has 0 aliphatic heterocycles. The van der Waals surface area contributed by atoms with Crippen molar-refractivity contribution in [1.29, 1.82) is 0 Å². The van der Waals surface area contributed by atoms with E-state index in [-0.39, 0.29) is 0 Å². The molecular weight excluding hydrogens is 224 g/mol. The number of hydrogen-bond donors (Lipinski definition) is 1. The maximum atomic E-state index is 4.31. The zero-order chi connectivity index (χ0) is 13.0. The summed E-state index contributed by atoms with van der Waals surface area (Å²) in [5.74, 6) is 0. The Hall–Kier alpha value is -1.42. The minimum Gasteiger partial charge on any atom is -0.314 e. The van der Waals surface area contributed by atoms with Gasteiger partial charge in [0.1, 0.15) is 6.33 Å². The summed E-state index contributed by atoms with van der Waals surface area (Å²) in [6, 6.07) is 4.80. The van der Waals surface area contributed by atoms with Gasteiger partial charge in [-0.15, -0.1) is 0 Å².